The standard InChI is InChI=1S/C9H10O/c1-2-4-8-5-3-6-9(8)7-10/h7H,3,5-6H2,1H3. The maximum atomic E-state index is 10.4. The molecule has 0 saturated carbocycles. The highest BCUT2D eigenvalue weighted by atomic mass is 16.1. The van der Waals surface area contributed by atoms with Crippen molar-refractivity contribution in [1.29, 1.82) is 0 Å². The zero-order valence-electron chi connectivity index (χ0n) is 6.11. The third kappa shape index (κ3) is 1.27. The molecule has 0 heterocycles. The molecule has 0 amide bonds. The summed E-state index contributed by atoms with van der Waals surface area (Å²) in [4.78, 5) is 10.4. The van der Waals surface area contributed by atoms with Crippen LogP contribution < -0.4 is 0 Å². The highest BCUT2D eigenvalue weighted by Crippen LogP contribution is 2.23. The Hall–Kier alpha value is -1.03. The fraction of sp³-hybridized carbons (Fsp3) is 0.444. The summed E-state index contributed by atoms with van der Waals surface area (Å²) in [6, 6.07) is 0. The molecule has 1 rings (SSSR count). The van der Waals surface area contributed by atoms with E-state index in [0.29, 0.717) is 0 Å². The molecule has 52 valence electrons. The maximum absolute atomic E-state index is 10.4. The van der Waals surface area contributed by atoms with Gasteiger partial charge in [-0.15, -0.1) is 5.92 Å². The summed E-state index contributed by atoms with van der Waals surface area (Å²) in [5.74, 6) is 5.75. The van der Waals surface area contributed by atoms with Gasteiger partial charge in [0.2, 0.25) is 0 Å². The molecular formula is C9H10O. The summed E-state index contributed by atoms with van der Waals surface area (Å²) in [5.41, 5.74) is 1.96. The molecule has 0 aliphatic heterocycles. The van der Waals surface area contributed by atoms with Gasteiger partial charge in [0.15, 0.2) is 0 Å². The predicted octanol–water partition coefficient (Wildman–Crippen LogP) is 1.69. The largest absolute Gasteiger partial charge is 0.298 e. The number of aldehydes is 1. The van der Waals surface area contributed by atoms with E-state index in [1.165, 1.54) is 0 Å². The van der Waals surface area contributed by atoms with Crippen LogP contribution in [0, 0.1) is 11.8 Å². The topological polar surface area (TPSA) is 17.1 Å². The number of carbonyl (C=O) groups is 1. The number of allylic oxidation sites excluding steroid dienone is 2. The summed E-state index contributed by atoms with van der Waals surface area (Å²) in [6.45, 7) is 1.80. The Morgan fingerprint density at radius 2 is 2.30 bits per heavy atom. The van der Waals surface area contributed by atoms with E-state index in [4.69, 9.17) is 0 Å². The van der Waals surface area contributed by atoms with Gasteiger partial charge >= 0.3 is 0 Å². The van der Waals surface area contributed by atoms with Gasteiger partial charge in [0.25, 0.3) is 0 Å². The fourth-order valence-corrected chi connectivity index (χ4v) is 1.19. The van der Waals surface area contributed by atoms with E-state index in [2.05, 4.69) is 11.8 Å². The Morgan fingerprint density at radius 3 is 2.90 bits per heavy atom. The van der Waals surface area contributed by atoms with Crippen LogP contribution in [0.5, 0.6) is 0 Å². The van der Waals surface area contributed by atoms with Gasteiger partial charge in [-0.05, 0) is 26.2 Å². The van der Waals surface area contributed by atoms with E-state index in [-0.39, 0.29) is 0 Å². The minimum atomic E-state index is 0.911. The summed E-state index contributed by atoms with van der Waals surface area (Å²) in [5, 5.41) is 0. The zero-order chi connectivity index (χ0) is 7.40. The van der Waals surface area contributed by atoms with Crippen molar-refractivity contribution in [3.8, 4) is 11.8 Å². The highest BCUT2D eigenvalue weighted by Gasteiger charge is 2.10. The molecule has 1 aliphatic carbocycles. The molecule has 0 aromatic carbocycles. The predicted molar refractivity (Wildman–Crippen MR) is 40.4 cm³/mol. The van der Waals surface area contributed by atoms with E-state index < -0.39 is 0 Å². The first-order chi connectivity index (χ1) is 4.88. The summed E-state index contributed by atoms with van der Waals surface area (Å²) < 4.78 is 0. The normalized spacial score (nSPS) is 16.5. The number of rotatable bonds is 1. The molecule has 0 fully saturated rings. The van der Waals surface area contributed by atoms with E-state index in [1.54, 1.807) is 6.92 Å². The first-order valence-electron chi connectivity index (χ1n) is 3.48. The number of carbonyl (C=O) groups excluding carboxylic acids is 1. The minimum absolute atomic E-state index is 0.911. The monoisotopic (exact) mass is 134 g/mol. The summed E-state index contributed by atoms with van der Waals surface area (Å²) in [6.07, 6.45) is 3.95. The lowest BCUT2D eigenvalue weighted by atomic mass is 10.2. The van der Waals surface area contributed by atoms with Crippen molar-refractivity contribution in [1.82, 2.24) is 0 Å². The van der Waals surface area contributed by atoms with E-state index in [0.717, 1.165) is 36.7 Å². The lowest BCUT2D eigenvalue weighted by molar-refractivity contribution is -0.105. The van der Waals surface area contributed by atoms with Crippen LogP contribution in [-0.2, 0) is 4.79 Å². The summed E-state index contributed by atoms with van der Waals surface area (Å²) >= 11 is 0. The SMILES string of the molecule is CC#CC1=C(C=O)CCC1. The van der Waals surface area contributed by atoms with Gasteiger partial charge < -0.3 is 0 Å². The molecule has 0 saturated heterocycles. The number of hydrogen-bond acceptors (Lipinski definition) is 1. The first kappa shape index (κ1) is 7.08. The average Bonchev–Trinajstić information content (AvgIpc) is 2.36. The van der Waals surface area contributed by atoms with E-state index in [1.807, 2.05) is 0 Å². The second kappa shape index (κ2) is 3.22. The van der Waals surface area contributed by atoms with Crippen LogP contribution in [0.15, 0.2) is 11.1 Å². The van der Waals surface area contributed by atoms with Crippen LogP contribution in [0.3, 0.4) is 0 Å². The van der Waals surface area contributed by atoms with Crippen molar-refractivity contribution < 1.29 is 4.79 Å². The summed E-state index contributed by atoms with van der Waals surface area (Å²) in [7, 11) is 0. The van der Waals surface area contributed by atoms with Gasteiger partial charge in [0.1, 0.15) is 6.29 Å². The van der Waals surface area contributed by atoms with Crippen LogP contribution in [0.4, 0.5) is 0 Å². The van der Waals surface area contributed by atoms with Gasteiger partial charge in [-0.2, -0.15) is 0 Å². The fourth-order valence-electron chi connectivity index (χ4n) is 1.19. The van der Waals surface area contributed by atoms with Crippen molar-refractivity contribution in [2.45, 2.75) is 26.2 Å². The second-order valence-corrected chi connectivity index (χ2v) is 2.35. The van der Waals surface area contributed by atoms with Crippen molar-refractivity contribution in [3.05, 3.63) is 11.1 Å². The average molecular weight is 134 g/mol. The van der Waals surface area contributed by atoms with Gasteiger partial charge in [0.05, 0.1) is 0 Å². The molecule has 0 aromatic heterocycles. The van der Waals surface area contributed by atoms with Gasteiger partial charge in [-0.1, -0.05) is 5.92 Å². The molecule has 10 heavy (non-hydrogen) atoms. The van der Waals surface area contributed by atoms with Crippen LogP contribution >= 0.6 is 0 Å². The van der Waals surface area contributed by atoms with Crippen molar-refractivity contribution in [2.75, 3.05) is 0 Å². The molecule has 0 N–H and O–H groups in total. The van der Waals surface area contributed by atoms with Crippen molar-refractivity contribution in [3.63, 3.8) is 0 Å². The first-order valence-corrected chi connectivity index (χ1v) is 3.48. The zero-order valence-corrected chi connectivity index (χ0v) is 6.11. The molecule has 0 atom stereocenters. The van der Waals surface area contributed by atoms with Gasteiger partial charge in [-0.25, -0.2) is 0 Å². The lowest BCUT2D eigenvalue weighted by Gasteiger charge is -1.87. The molecule has 0 unspecified atom stereocenters. The van der Waals surface area contributed by atoms with Crippen LogP contribution in [0.25, 0.3) is 0 Å². The Kier molecular flexibility index (Phi) is 2.28. The van der Waals surface area contributed by atoms with Crippen LogP contribution in [0.2, 0.25) is 0 Å². The van der Waals surface area contributed by atoms with Crippen molar-refractivity contribution >= 4 is 6.29 Å². The second-order valence-electron chi connectivity index (χ2n) is 2.35. The Morgan fingerprint density at radius 1 is 1.50 bits per heavy atom. The Labute approximate surface area is 61.1 Å². The molecule has 0 radical (unpaired) electrons. The molecule has 1 nitrogen and oxygen atoms in total. The quantitative estimate of drug-likeness (QED) is 0.394. The molecular weight excluding hydrogens is 124 g/mol. The smallest absolute Gasteiger partial charge is 0.146 e. The van der Waals surface area contributed by atoms with Crippen molar-refractivity contribution in [2.24, 2.45) is 0 Å². The minimum Gasteiger partial charge on any atom is -0.298 e. The van der Waals surface area contributed by atoms with Gasteiger partial charge in [-0.3, -0.25) is 4.79 Å². The molecule has 0 aromatic rings. The lowest BCUT2D eigenvalue weighted by Crippen LogP contribution is -1.80. The molecule has 0 bridgehead atoms. The maximum Gasteiger partial charge on any atom is 0.146 e. The van der Waals surface area contributed by atoms with E-state index >= 15 is 0 Å². The Balaban J connectivity index is 2.84. The van der Waals surface area contributed by atoms with Gasteiger partial charge in [0, 0.05) is 11.1 Å². The Bertz CT molecular complexity index is 225. The molecule has 0 spiro atoms. The highest BCUT2D eigenvalue weighted by molar-refractivity contribution is 5.77. The molecule has 1 heteroatoms. The number of hydrogen-bond donors (Lipinski definition) is 0. The third-order valence-corrected chi connectivity index (χ3v) is 1.68. The molecule has 1 aliphatic rings. The third-order valence-electron chi connectivity index (χ3n) is 1.68. The van der Waals surface area contributed by atoms with Crippen LogP contribution in [0.1, 0.15) is 26.2 Å². The van der Waals surface area contributed by atoms with E-state index in [9.17, 15) is 4.79 Å². The van der Waals surface area contributed by atoms with Crippen LogP contribution in [-0.4, -0.2) is 6.29 Å².